The fraction of sp³-hybridized carbons (Fsp3) is 0.917. The number of nitrogens with zero attached hydrogens (tertiary/aromatic N) is 1. The molecule has 3 heteroatoms. The van der Waals surface area contributed by atoms with E-state index in [-0.39, 0.29) is 5.92 Å². The summed E-state index contributed by atoms with van der Waals surface area (Å²) in [6.45, 7) is 5.54. The van der Waals surface area contributed by atoms with Gasteiger partial charge in [0.2, 0.25) is 0 Å². The van der Waals surface area contributed by atoms with Crippen LogP contribution >= 0.6 is 0 Å². The highest BCUT2D eigenvalue weighted by Crippen LogP contribution is 2.33. The molecule has 1 unspecified atom stereocenters. The van der Waals surface area contributed by atoms with E-state index in [1.54, 1.807) is 0 Å². The molecule has 0 aromatic rings. The molecule has 15 heavy (non-hydrogen) atoms. The van der Waals surface area contributed by atoms with Crippen LogP contribution in [0, 0.1) is 23.2 Å². The van der Waals surface area contributed by atoms with Gasteiger partial charge in [0.15, 0.2) is 0 Å². The van der Waals surface area contributed by atoms with Crippen molar-refractivity contribution in [3.8, 4) is 0 Å². The number of nitrogens with two attached hydrogens (primary N) is 1. The predicted molar refractivity (Wildman–Crippen MR) is 63.0 cm³/mol. The van der Waals surface area contributed by atoms with Crippen LogP contribution in [-0.4, -0.2) is 30.4 Å². The van der Waals surface area contributed by atoms with Crippen molar-refractivity contribution in [2.45, 2.75) is 32.6 Å². The van der Waals surface area contributed by atoms with E-state index in [0.717, 1.165) is 18.4 Å². The third-order valence-electron chi connectivity index (χ3n) is 3.49. The third kappa shape index (κ3) is 3.82. The first-order chi connectivity index (χ1) is 7.15. The summed E-state index contributed by atoms with van der Waals surface area (Å²) in [4.78, 5) is 2.54. The molecule has 0 radical (unpaired) electrons. The van der Waals surface area contributed by atoms with E-state index in [0.29, 0.717) is 5.84 Å². The first-order valence-corrected chi connectivity index (χ1v) is 6.21. The molecule has 0 saturated heterocycles. The zero-order chi connectivity index (χ0) is 10.8. The van der Waals surface area contributed by atoms with Gasteiger partial charge in [0.1, 0.15) is 0 Å². The lowest BCUT2D eigenvalue weighted by atomic mass is 10.1. The van der Waals surface area contributed by atoms with Crippen molar-refractivity contribution in [1.29, 1.82) is 5.41 Å². The van der Waals surface area contributed by atoms with Crippen LogP contribution < -0.4 is 5.73 Å². The van der Waals surface area contributed by atoms with Crippen LogP contribution in [0.5, 0.6) is 0 Å². The standard InChI is InChI=1S/C12H23N3/c1-9(12(13)14)6-15(7-10-2-3-10)8-11-4-5-11/h9-11H,2-8H2,1H3,(H3,13,14). The molecule has 0 aliphatic heterocycles. The third-order valence-corrected chi connectivity index (χ3v) is 3.49. The van der Waals surface area contributed by atoms with Crippen LogP contribution in [0.15, 0.2) is 0 Å². The number of nitrogens with one attached hydrogen (secondary N) is 1. The van der Waals surface area contributed by atoms with Crippen LogP contribution in [-0.2, 0) is 0 Å². The zero-order valence-electron chi connectivity index (χ0n) is 9.71. The Labute approximate surface area is 92.5 Å². The molecule has 1 atom stereocenters. The molecule has 86 valence electrons. The van der Waals surface area contributed by atoms with E-state index in [1.165, 1.54) is 38.8 Å². The van der Waals surface area contributed by atoms with Crippen LogP contribution in [0.25, 0.3) is 0 Å². The summed E-state index contributed by atoms with van der Waals surface area (Å²) in [7, 11) is 0. The molecule has 3 nitrogen and oxygen atoms in total. The van der Waals surface area contributed by atoms with Crippen LogP contribution in [0.3, 0.4) is 0 Å². The SMILES string of the molecule is CC(CN(CC1CC1)CC1CC1)C(=N)N. The fourth-order valence-electron chi connectivity index (χ4n) is 2.04. The summed E-state index contributed by atoms with van der Waals surface area (Å²) >= 11 is 0. The van der Waals surface area contributed by atoms with Crippen LogP contribution in [0.1, 0.15) is 32.6 Å². The van der Waals surface area contributed by atoms with Gasteiger partial charge in [-0.1, -0.05) is 6.92 Å². The van der Waals surface area contributed by atoms with Crippen LogP contribution in [0.4, 0.5) is 0 Å². The molecule has 2 aliphatic carbocycles. The Morgan fingerprint density at radius 1 is 1.27 bits per heavy atom. The van der Waals surface area contributed by atoms with Gasteiger partial charge in [-0.2, -0.15) is 0 Å². The normalized spacial score (nSPS) is 23.1. The Hall–Kier alpha value is -0.570. The molecular formula is C12H23N3. The van der Waals surface area contributed by atoms with Gasteiger partial charge in [0.05, 0.1) is 5.84 Å². The average Bonchev–Trinajstić information content (AvgIpc) is 2.98. The second-order valence-corrected chi connectivity index (χ2v) is 5.46. The van der Waals surface area contributed by atoms with E-state index >= 15 is 0 Å². The first-order valence-electron chi connectivity index (χ1n) is 6.21. The van der Waals surface area contributed by atoms with Gasteiger partial charge < -0.3 is 10.6 Å². The Kier molecular flexibility index (Phi) is 3.29. The minimum Gasteiger partial charge on any atom is -0.387 e. The summed E-state index contributed by atoms with van der Waals surface area (Å²) in [6.07, 6.45) is 5.65. The number of rotatable bonds is 7. The van der Waals surface area contributed by atoms with Gasteiger partial charge in [0, 0.05) is 25.6 Å². The summed E-state index contributed by atoms with van der Waals surface area (Å²) in [5, 5.41) is 7.44. The minimum absolute atomic E-state index is 0.225. The predicted octanol–water partition coefficient (Wildman–Crippen LogP) is 1.68. The maximum atomic E-state index is 7.44. The molecule has 2 rings (SSSR count). The molecule has 3 N–H and O–H groups in total. The van der Waals surface area contributed by atoms with E-state index in [9.17, 15) is 0 Å². The van der Waals surface area contributed by atoms with E-state index in [2.05, 4.69) is 11.8 Å². The highest BCUT2D eigenvalue weighted by molar-refractivity contribution is 5.79. The molecule has 2 saturated carbocycles. The van der Waals surface area contributed by atoms with Crippen molar-refractivity contribution >= 4 is 5.84 Å². The summed E-state index contributed by atoms with van der Waals surface area (Å²) in [5.74, 6) is 2.46. The summed E-state index contributed by atoms with van der Waals surface area (Å²) in [5.41, 5.74) is 5.53. The molecule has 0 aromatic heterocycles. The van der Waals surface area contributed by atoms with Gasteiger partial charge in [-0.25, -0.2) is 0 Å². The molecule has 0 spiro atoms. The van der Waals surface area contributed by atoms with Crippen molar-refractivity contribution in [3.63, 3.8) is 0 Å². The highest BCUT2D eigenvalue weighted by atomic mass is 15.1. The lowest BCUT2D eigenvalue weighted by Crippen LogP contribution is -2.36. The molecular weight excluding hydrogens is 186 g/mol. The smallest absolute Gasteiger partial charge is 0.0947 e. The highest BCUT2D eigenvalue weighted by Gasteiger charge is 2.29. The van der Waals surface area contributed by atoms with Gasteiger partial charge in [-0.05, 0) is 37.5 Å². The van der Waals surface area contributed by atoms with Gasteiger partial charge in [0.25, 0.3) is 0 Å². The van der Waals surface area contributed by atoms with E-state index < -0.39 is 0 Å². The Balaban J connectivity index is 1.76. The Morgan fingerprint density at radius 3 is 2.07 bits per heavy atom. The number of hydrogen-bond donors (Lipinski definition) is 2. The minimum atomic E-state index is 0.225. The quantitative estimate of drug-likeness (QED) is 0.495. The number of amidine groups is 1. The lowest BCUT2D eigenvalue weighted by Gasteiger charge is -2.25. The largest absolute Gasteiger partial charge is 0.387 e. The Bertz CT molecular complexity index is 217. The van der Waals surface area contributed by atoms with Crippen LogP contribution in [0.2, 0.25) is 0 Å². The molecule has 2 aliphatic rings. The van der Waals surface area contributed by atoms with Crippen molar-refractivity contribution in [1.82, 2.24) is 4.90 Å². The second-order valence-electron chi connectivity index (χ2n) is 5.46. The van der Waals surface area contributed by atoms with Gasteiger partial charge >= 0.3 is 0 Å². The summed E-state index contributed by atoms with van der Waals surface area (Å²) in [6, 6.07) is 0. The Morgan fingerprint density at radius 2 is 1.73 bits per heavy atom. The topological polar surface area (TPSA) is 53.1 Å². The molecule has 0 amide bonds. The summed E-state index contributed by atoms with van der Waals surface area (Å²) < 4.78 is 0. The van der Waals surface area contributed by atoms with Crippen molar-refractivity contribution < 1.29 is 0 Å². The molecule has 2 fully saturated rings. The number of hydrogen-bond acceptors (Lipinski definition) is 2. The van der Waals surface area contributed by atoms with Crippen molar-refractivity contribution in [2.24, 2.45) is 23.5 Å². The van der Waals surface area contributed by atoms with Crippen molar-refractivity contribution in [3.05, 3.63) is 0 Å². The maximum absolute atomic E-state index is 7.44. The monoisotopic (exact) mass is 209 g/mol. The first kappa shape index (κ1) is 10.9. The van der Waals surface area contributed by atoms with E-state index in [1.807, 2.05) is 0 Å². The van der Waals surface area contributed by atoms with E-state index in [4.69, 9.17) is 11.1 Å². The van der Waals surface area contributed by atoms with Crippen molar-refractivity contribution in [2.75, 3.05) is 19.6 Å². The zero-order valence-corrected chi connectivity index (χ0v) is 9.71. The van der Waals surface area contributed by atoms with Gasteiger partial charge in [-0.15, -0.1) is 0 Å². The molecule has 0 heterocycles. The second kappa shape index (κ2) is 4.52. The average molecular weight is 209 g/mol. The van der Waals surface area contributed by atoms with Gasteiger partial charge in [-0.3, -0.25) is 5.41 Å². The molecule has 0 aromatic carbocycles. The maximum Gasteiger partial charge on any atom is 0.0947 e. The fourth-order valence-corrected chi connectivity index (χ4v) is 2.04. The molecule has 0 bridgehead atoms. The lowest BCUT2D eigenvalue weighted by molar-refractivity contribution is 0.238.